The van der Waals surface area contributed by atoms with E-state index in [0.29, 0.717) is 30.2 Å². The largest absolute Gasteiger partial charge is 0.474 e. The smallest absolute Gasteiger partial charge is 0.254 e. The number of pyridine rings is 2. The van der Waals surface area contributed by atoms with Gasteiger partial charge in [0.1, 0.15) is 24.7 Å². The first-order valence-electron chi connectivity index (χ1n) is 27.6. The second-order valence-electron chi connectivity index (χ2n) is 21.9. The molecule has 3 saturated heterocycles. The third kappa shape index (κ3) is 11.9. The van der Waals surface area contributed by atoms with Crippen LogP contribution in [-0.4, -0.2) is 164 Å². The summed E-state index contributed by atoms with van der Waals surface area (Å²) in [4.78, 5) is 51.5. The Balaban J connectivity index is 0.559. The van der Waals surface area contributed by atoms with Crippen molar-refractivity contribution in [2.75, 3.05) is 72.1 Å². The number of hydrogen-bond donors (Lipinski definition) is 2. The third-order valence-electron chi connectivity index (χ3n) is 16.4. The predicted molar refractivity (Wildman–Crippen MR) is 297 cm³/mol. The average Bonchev–Trinajstić information content (AvgIpc) is 4.30. The summed E-state index contributed by atoms with van der Waals surface area (Å²) in [6.07, 6.45) is 9.66. The molecule has 1 saturated carbocycles. The van der Waals surface area contributed by atoms with Gasteiger partial charge in [0.2, 0.25) is 17.7 Å². The molecule has 406 valence electrons. The summed E-state index contributed by atoms with van der Waals surface area (Å²) in [5, 5.41) is 20.4. The summed E-state index contributed by atoms with van der Waals surface area (Å²) < 4.78 is 26.8. The maximum Gasteiger partial charge on any atom is 0.254 e. The lowest BCUT2D eigenvalue weighted by atomic mass is 9.91. The number of likely N-dealkylation sites (tertiary alicyclic amines) is 2. The number of aryl methyl sites for hydroxylation is 2. The highest BCUT2D eigenvalue weighted by Crippen LogP contribution is 2.36. The number of carbonyl (C=O) groups is 2. The summed E-state index contributed by atoms with van der Waals surface area (Å²) >= 11 is 1.60. The molecule has 8 heterocycles. The van der Waals surface area contributed by atoms with Crippen LogP contribution in [0, 0.1) is 12.8 Å². The van der Waals surface area contributed by atoms with Crippen molar-refractivity contribution in [3.05, 3.63) is 108 Å². The van der Waals surface area contributed by atoms with Crippen LogP contribution in [0.15, 0.2) is 95.4 Å². The first-order chi connectivity index (χ1) is 37.4. The molecule has 4 atom stereocenters. The van der Waals surface area contributed by atoms with Crippen LogP contribution < -0.4 is 14.8 Å². The van der Waals surface area contributed by atoms with Gasteiger partial charge in [-0.3, -0.25) is 24.4 Å². The molecule has 0 unspecified atom stereocenters. The van der Waals surface area contributed by atoms with Gasteiger partial charge >= 0.3 is 0 Å². The number of fused-ring (bicyclic) bond motifs is 3. The minimum absolute atomic E-state index is 0.0670. The van der Waals surface area contributed by atoms with E-state index in [9.17, 15) is 14.7 Å². The molecule has 3 aliphatic heterocycles. The Labute approximate surface area is 454 Å². The van der Waals surface area contributed by atoms with Gasteiger partial charge in [-0.15, -0.1) is 11.3 Å². The van der Waals surface area contributed by atoms with E-state index in [4.69, 9.17) is 18.7 Å². The quantitative estimate of drug-likeness (QED) is 0.0800. The monoisotopic (exact) mass is 1060 g/mol. The molecule has 2 N–H and O–H groups in total. The average molecular weight is 1070 g/mol. The molecule has 2 amide bonds. The summed E-state index contributed by atoms with van der Waals surface area (Å²) in [6, 6.07) is 21.3. The number of β-amino-alcohol motifs (C(OH)–C–C–N with tert-alkyl or cyclic N) is 1. The van der Waals surface area contributed by atoms with Gasteiger partial charge in [-0.05, 0) is 72.7 Å². The van der Waals surface area contributed by atoms with Crippen LogP contribution in [0.1, 0.15) is 81.9 Å². The zero-order valence-corrected chi connectivity index (χ0v) is 45.7. The molecule has 18 heteroatoms. The zero-order valence-electron chi connectivity index (χ0n) is 44.9. The number of rotatable bonds is 19. The fourth-order valence-corrected chi connectivity index (χ4v) is 12.5. The van der Waals surface area contributed by atoms with Crippen LogP contribution in [0.5, 0.6) is 11.8 Å². The fraction of sp³-hybridized carbons (Fsp3) is 0.492. The van der Waals surface area contributed by atoms with Gasteiger partial charge in [-0.2, -0.15) is 0 Å². The molecule has 7 aromatic rings. The van der Waals surface area contributed by atoms with Gasteiger partial charge in [0.15, 0.2) is 5.76 Å². The van der Waals surface area contributed by atoms with Crippen molar-refractivity contribution in [2.45, 2.75) is 102 Å². The second kappa shape index (κ2) is 23.4. The Morgan fingerprint density at radius 2 is 1.51 bits per heavy atom. The summed E-state index contributed by atoms with van der Waals surface area (Å²) in [5.41, 5.74) is 9.38. The molecule has 11 rings (SSSR count). The molecule has 5 aromatic heterocycles. The lowest BCUT2D eigenvalue weighted by molar-refractivity contribution is -0.141. The second-order valence-corrected chi connectivity index (χ2v) is 22.8. The summed E-state index contributed by atoms with van der Waals surface area (Å²) in [6.45, 7) is 17.3. The lowest BCUT2D eigenvalue weighted by Crippen LogP contribution is -2.50. The number of aliphatic hydroxyl groups excluding tert-OH is 1. The van der Waals surface area contributed by atoms with Gasteiger partial charge < -0.3 is 43.5 Å². The van der Waals surface area contributed by atoms with E-state index >= 15 is 0 Å². The van der Waals surface area contributed by atoms with Gasteiger partial charge in [0.25, 0.3) is 5.88 Å². The number of aliphatic hydroxyl groups is 1. The highest BCUT2D eigenvalue weighted by atomic mass is 32.1. The number of carbonyl (C=O) groups excluding carboxylic acids is 2. The van der Waals surface area contributed by atoms with Crippen LogP contribution in [0.25, 0.3) is 43.4 Å². The van der Waals surface area contributed by atoms with Crippen LogP contribution >= 0.6 is 11.3 Å². The van der Waals surface area contributed by atoms with E-state index in [-0.39, 0.29) is 48.9 Å². The van der Waals surface area contributed by atoms with E-state index < -0.39 is 18.1 Å². The first kappa shape index (κ1) is 52.8. The fourth-order valence-electron chi connectivity index (χ4n) is 11.7. The number of nitrogens with one attached hydrogen (secondary N) is 1. The Morgan fingerprint density at radius 1 is 0.779 bits per heavy atom. The van der Waals surface area contributed by atoms with E-state index in [0.717, 1.165) is 123 Å². The number of benzene rings is 2. The Morgan fingerprint density at radius 3 is 2.22 bits per heavy atom. The molecule has 0 spiro atoms. The number of thiazole rings is 1. The van der Waals surface area contributed by atoms with E-state index in [1.807, 2.05) is 82.1 Å². The number of piperazine rings is 1. The summed E-state index contributed by atoms with van der Waals surface area (Å²) in [7, 11) is 2.10. The maximum atomic E-state index is 14.2. The summed E-state index contributed by atoms with van der Waals surface area (Å²) in [5.74, 6) is -0.0587. The number of aromatic nitrogens is 5. The highest BCUT2D eigenvalue weighted by molar-refractivity contribution is 7.13. The van der Waals surface area contributed by atoms with Crippen LogP contribution in [0.2, 0.25) is 0 Å². The van der Waals surface area contributed by atoms with Crippen LogP contribution in [0.4, 0.5) is 0 Å². The molecule has 4 aliphatic rings. The molecule has 0 radical (unpaired) electrons. The van der Waals surface area contributed by atoms with Gasteiger partial charge in [0.05, 0.1) is 46.0 Å². The SMILES string of the molecule is Cc1ncsc1-c1ccc([C@H](C)NC(=O)[C@@H]2C[C@@H](O)CN2C(=O)[C@@H](c2cc(OCCN3CCN(CCN4CCC(O[C@H]5C[C@H](Oc6ccc(-c7ccc8c9cnccc9n(C)c8c7)cn6)C5)CC4)CC3)no2)C(C)C)cc1. The Hall–Kier alpha value is -6.28. The number of ether oxygens (including phenoxy) is 3. The number of piperidine rings is 1. The molecule has 4 fully saturated rings. The molecule has 17 nitrogen and oxygen atoms in total. The van der Waals surface area contributed by atoms with E-state index in [2.05, 4.69) is 82.1 Å². The van der Waals surface area contributed by atoms with Crippen molar-refractivity contribution in [1.29, 1.82) is 0 Å². The molecule has 2 aromatic carbocycles. The highest BCUT2D eigenvalue weighted by Gasteiger charge is 2.44. The standard InChI is InChI=1S/C59H72N10O7S/c1-37(2)56(59(72)69-35-44(70)29-52(69)58(71)63-38(3)40-6-8-41(9-7-40)57-39(4)62-36-77-57)53-32-55(64-76-53)73-27-26-68-24-22-67(23-25-68)21-20-66-18-15-45(16-19-66)74-46-30-47(31-46)75-54-13-11-43(33-61-54)42-10-12-48-49-34-60-17-14-50(49)65(5)51(48)28-42/h6-14,17,28,32-34,36-38,44-47,52,56,70H,15-16,18-27,29-31,35H2,1-5H3,(H,63,71)/t38-,44+,46-,47-,52-,56+/m0/s1. The molecular formula is C59H72N10O7S. The lowest BCUT2D eigenvalue weighted by Gasteiger charge is -2.40. The van der Waals surface area contributed by atoms with Crippen molar-refractivity contribution < 1.29 is 33.4 Å². The topological polar surface area (TPSA) is 177 Å². The van der Waals surface area contributed by atoms with Crippen molar-refractivity contribution in [1.82, 2.24) is 49.6 Å². The number of nitrogens with zero attached hydrogens (tertiary/aromatic N) is 9. The normalized spacial score (nSPS) is 21.7. The predicted octanol–water partition coefficient (Wildman–Crippen LogP) is 7.87. The molecule has 0 bridgehead atoms. The van der Waals surface area contributed by atoms with E-state index in [1.54, 1.807) is 17.4 Å². The third-order valence-corrected chi connectivity index (χ3v) is 17.4. The maximum absolute atomic E-state index is 14.2. The van der Waals surface area contributed by atoms with Crippen molar-refractivity contribution in [2.24, 2.45) is 13.0 Å². The van der Waals surface area contributed by atoms with Crippen molar-refractivity contribution in [3.8, 4) is 33.3 Å². The Kier molecular flexibility index (Phi) is 16.0. The number of amides is 2. The first-order valence-corrected chi connectivity index (χ1v) is 28.4. The minimum Gasteiger partial charge on any atom is -0.474 e. The van der Waals surface area contributed by atoms with Crippen molar-refractivity contribution in [3.63, 3.8) is 0 Å². The van der Waals surface area contributed by atoms with Gasteiger partial charge in [-0.1, -0.05) is 50.2 Å². The van der Waals surface area contributed by atoms with Gasteiger partial charge in [-0.25, -0.2) is 9.97 Å². The van der Waals surface area contributed by atoms with E-state index in [1.165, 1.54) is 21.3 Å². The zero-order chi connectivity index (χ0) is 53.2. The molecular weight excluding hydrogens is 993 g/mol. The minimum atomic E-state index is -0.814. The van der Waals surface area contributed by atoms with Gasteiger partial charge in [0, 0.05) is 144 Å². The molecule has 1 aliphatic carbocycles. The number of hydrogen-bond acceptors (Lipinski definition) is 15. The van der Waals surface area contributed by atoms with Crippen LogP contribution in [0.3, 0.4) is 0 Å². The Bertz CT molecular complexity index is 3120. The van der Waals surface area contributed by atoms with Crippen molar-refractivity contribution >= 4 is 45.0 Å². The molecule has 77 heavy (non-hydrogen) atoms. The van der Waals surface area contributed by atoms with Crippen LogP contribution in [-0.2, 0) is 21.4 Å².